The molecule has 96 valence electrons. The van der Waals surface area contributed by atoms with Crippen molar-refractivity contribution in [2.45, 2.75) is 18.7 Å². The van der Waals surface area contributed by atoms with Crippen LogP contribution < -0.4 is 5.32 Å². The van der Waals surface area contributed by atoms with E-state index >= 15 is 0 Å². The second-order valence-corrected chi connectivity index (χ2v) is 5.63. The summed E-state index contributed by atoms with van der Waals surface area (Å²) in [6.45, 7) is 4.52. The maximum atomic E-state index is 11.4. The summed E-state index contributed by atoms with van der Waals surface area (Å²) >= 11 is 1.76. The van der Waals surface area contributed by atoms with E-state index in [-0.39, 0.29) is 11.8 Å². The largest absolute Gasteiger partial charge is 0.360 e. The summed E-state index contributed by atoms with van der Waals surface area (Å²) < 4.78 is 0. The fourth-order valence-electron chi connectivity index (χ4n) is 1.70. The van der Waals surface area contributed by atoms with Crippen molar-refractivity contribution in [1.82, 2.24) is 10.3 Å². The molecule has 2 N–H and O–H groups in total. The van der Waals surface area contributed by atoms with Gasteiger partial charge in [0.05, 0.1) is 0 Å². The van der Waals surface area contributed by atoms with Crippen molar-refractivity contribution < 1.29 is 4.79 Å². The third-order valence-corrected chi connectivity index (χ3v) is 3.79. The van der Waals surface area contributed by atoms with Crippen molar-refractivity contribution in [3.05, 3.63) is 30.5 Å². The lowest BCUT2D eigenvalue weighted by Gasteiger charge is -2.06. The zero-order chi connectivity index (χ0) is 13.0. The molecule has 1 aromatic heterocycles. The summed E-state index contributed by atoms with van der Waals surface area (Å²) in [6.07, 6.45) is 2.03. The quantitative estimate of drug-likeness (QED) is 0.642. The van der Waals surface area contributed by atoms with Crippen LogP contribution in [0.15, 0.2) is 35.4 Å². The zero-order valence-electron chi connectivity index (χ0n) is 10.7. The number of rotatable bonds is 5. The molecule has 2 rings (SSSR count). The molecule has 0 aliphatic carbocycles. The number of H-pyrrole nitrogens is 1. The summed E-state index contributed by atoms with van der Waals surface area (Å²) in [6, 6.07) is 8.25. The van der Waals surface area contributed by atoms with Crippen LogP contribution >= 0.6 is 11.8 Å². The van der Waals surface area contributed by atoms with E-state index in [1.54, 1.807) is 11.8 Å². The van der Waals surface area contributed by atoms with Gasteiger partial charge in [0.15, 0.2) is 0 Å². The molecule has 0 saturated heterocycles. The number of amides is 1. The highest BCUT2D eigenvalue weighted by atomic mass is 32.2. The number of carbonyl (C=O) groups excluding carboxylic acids is 1. The van der Waals surface area contributed by atoms with Crippen LogP contribution in [0.4, 0.5) is 0 Å². The molecule has 0 radical (unpaired) electrons. The van der Waals surface area contributed by atoms with Crippen LogP contribution in [0.25, 0.3) is 10.9 Å². The third kappa shape index (κ3) is 3.07. The second-order valence-electron chi connectivity index (χ2n) is 4.49. The van der Waals surface area contributed by atoms with E-state index in [1.807, 2.05) is 32.2 Å². The van der Waals surface area contributed by atoms with E-state index in [0.717, 1.165) is 11.3 Å². The summed E-state index contributed by atoms with van der Waals surface area (Å²) in [7, 11) is 0. The molecule has 0 unspecified atom stereocenters. The number of hydrogen-bond acceptors (Lipinski definition) is 2. The molecule has 1 amide bonds. The summed E-state index contributed by atoms with van der Waals surface area (Å²) in [4.78, 5) is 15.9. The third-order valence-electron chi connectivity index (χ3n) is 2.73. The average molecular weight is 262 g/mol. The highest BCUT2D eigenvalue weighted by Gasteiger charge is 2.06. The van der Waals surface area contributed by atoms with Gasteiger partial charge >= 0.3 is 0 Å². The van der Waals surface area contributed by atoms with Crippen LogP contribution in [0.5, 0.6) is 0 Å². The number of thioether (sulfide) groups is 1. The molecule has 0 bridgehead atoms. The number of hydrogen-bond donors (Lipinski definition) is 2. The van der Waals surface area contributed by atoms with Gasteiger partial charge in [-0.05, 0) is 6.07 Å². The zero-order valence-corrected chi connectivity index (χ0v) is 11.5. The molecule has 3 nitrogen and oxygen atoms in total. The fraction of sp³-hybridized carbons (Fsp3) is 0.357. The minimum Gasteiger partial charge on any atom is -0.360 e. The van der Waals surface area contributed by atoms with E-state index in [4.69, 9.17) is 0 Å². The molecule has 0 spiro atoms. The first-order chi connectivity index (χ1) is 8.68. The van der Waals surface area contributed by atoms with Crippen molar-refractivity contribution >= 4 is 28.6 Å². The highest BCUT2D eigenvalue weighted by molar-refractivity contribution is 7.99. The van der Waals surface area contributed by atoms with Gasteiger partial charge in [0.2, 0.25) is 5.91 Å². The normalized spacial score (nSPS) is 11.1. The fourth-order valence-corrected chi connectivity index (χ4v) is 2.60. The van der Waals surface area contributed by atoms with Crippen LogP contribution in [0, 0.1) is 5.92 Å². The minimum atomic E-state index is 0.0584. The maximum absolute atomic E-state index is 11.4. The first kappa shape index (κ1) is 13.0. The Morgan fingerprint density at radius 3 is 2.94 bits per heavy atom. The Bertz CT molecular complexity index is 533. The maximum Gasteiger partial charge on any atom is 0.222 e. The molecule has 0 saturated carbocycles. The van der Waals surface area contributed by atoms with Gasteiger partial charge in [0.25, 0.3) is 0 Å². The standard InChI is InChI=1S/C14H18N2OS/c1-10(2)14(17)15-7-8-18-13-9-16-12-6-4-3-5-11(12)13/h3-6,9-10,16H,7-8H2,1-2H3,(H,15,17). The lowest BCUT2D eigenvalue weighted by molar-refractivity contribution is -0.123. The first-order valence-corrected chi connectivity index (χ1v) is 7.13. The summed E-state index contributed by atoms with van der Waals surface area (Å²) in [5.41, 5.74) is 1.16. The highest BCUT2D eigenvalue weighted by Crippen LogP contribution is 2.27. The minimum absolute atomic E-state index is 0.0584. The lowest BCUT2D eigenvalue weighted by atomic mass is 10.2. The summed E-state index contributed by atoms with van der Waals surface area (Å²) in [5, 5.41) is 4.17. The average Bonchev–Trinajstić information content (AvgIpc) is 2.77. The van der Waals surface area contributed by atoms with Crippen LogP contribution in [0.3, 0.4) is 0 Å². The number of benzene rings is 1. The van der Waals surface area contributed by atoms with Crippen LogP contribution in [0.2, 0.25) is 0 Å². The molecule has 4 heteroatoms. The van der Waals surface area contributed by atoms with E-state index in [1.165, 1.54) is 10.3 Å². The number of carbonyl (C=O) groups is 1. The smallest absolute Gasteiger partial charge is 0.222 e. The van der Waals surface area contributed by atoms with Gasteiger partial charge in [-0.25, -0.2) is 0 Å². The Hall–Kier alpha value is -1.42. The van der Waals surface area contributed by atoms with Gasteiger partial charge in [-0.2, -0.15) is 0 Å². The molecule has 0 atom stereocenters. The number of fused-ring (bicyclic) bond motifs is 1. The number of aromatic nitrogens is 1. The van der Waals surface area contributed by atoms with Gasteiger partial charge in [0, 0.05) is 40.2 Å². The van der Waals surface area contributed by atoms with Crippen LogP contribution in [-0.4, -0.2) is 23.2 Å². The van der Waals surface area contributed by atoms with E-state index in [0.29, 0.717) is 6.54 Å². The Kier molecular flexibility index (Phi) is 4.31. The SMILES string of the molecule is CC(C)C(=O)NCCSc1c[nH]c2ccccc12. The molecular formula is C14H18N2OS. The van der Waals surface area contributed by atoms with Crippen molar-refractivity contribution in [1.29, 1.82) is 0 Å². The second kappa shape index (κ2) is 5.96. The first-order valence-electron chi connectivity index (χ1n) is 6.15. The van der Waals surface area contributed by atoms with Crippen LogP contribution in [0.1, 0.15) is 13.8 Å². The Morgan fingerprint density at radius 2 is 2.17 bits per heavy atom. The van der Waals surface area contributed by atoms with E-state index < -0.39 is 0 Å². The van der Waals surface area contributed by atoms with E-state index in [2.05, 4.69) is 22.4 Å². The van der Waals surface area contributed by atoms with Crippen molar-refractivity contribution in [2.75, 3.05) is 12.3 Å². The Morgan fingerprint density at radius 1 is 1.39 bits per heavy atom. The van der Waals surface area contributed by atoms with Crippen molar-refractivity contribution in [3.8, 4) is 0 Å². The molecule has 2 aromatic rings. The number of para-hydroxylation sites is 1. The van der Waals surface area contributed by atoms with Gasteiger partial charge < -0.3 is 10.3 Å². The van der Waals surface area contributed by atoms with Gasteiger partial charge in [-0.1, -0.05) is 32.0 Å². The summed E-state index contributed by atoms with van der Waals surface area (Å²) in [5.74, 6) is 1.07. The molecule has 0 aliphatic rings. The predicted octanol–water partition coefficient (Wildman–Crippen LogP) is 3.03. The van der Waals surface area contributed by atoms with Gasteiger partial charge in [-0.3, -0.25) is 4.79 Å². The Labute approximate surface area is 111 Å². The van der Waals surface area contributed by atoms with Crippen molar-refractivity contribution in [3.63, 3.8) is 0 Å². The Balaban J connectivity index is 1.85. The molecule has 0 fully saturated rings. The molecule has 0 aliphatic heterocycles. The molecule has 18 heavy (non-hydrogen) atoms. The molecule has 1 heterocycles. The molecular weight excluding hydrogens is 244 g/mol. The predicted molar refractivity (Wildman–Crippen MR) is 76.9 cm³/mol. The van der Waals surface area contributed by atoms with Gasteiger partial charge in [-0.15, -0.1) is 11.8 Å². The van der Waals surface area contributed by atoms with Crippen molar-refractivity contribution in [2.24, 2.45) is 5.92 Å². The van der Waals surface area contributed by atoms with Gasteiger partial charge in [0.1, 0.15) is 0 Å². The van der Waals surface area contributed by atoms with E-state index in [9.17, 15) is 4.79 Å². The monoisotopic (exact) mass is 262 g/mol. The lowest BCUT2D eigenvalue weighted by Crippen LogP contribution is -2.29. The molecule has 1 aromatic carbocycles. The number of aromatic amines is 1. The van der Waals surface area contributed by atoms with Crippen LogP contribution in [-0.2, 0) is 4.79 Å². The topological polar surface area (TPSA) is 44.9 Å². The number of nitrogens with one attached hydrogen (secondary N) is 2.